The smallest absolute Gasteiger partial charge is 0.268 e. The average Bonchev–Trinajstić information content (AvgIpc) is 3.12. The van der Waals surface area contributed by atoms with E-state index in [9.17, 15) is 13.2 Å². The zero-order valence-corrected chi connectivity index (χ0v) is 10.3. The van der Waals surface area contributed by atoms with Crippen LogP contribution >= 0.6 is 11.6 Å². The molecule has 2 heterocycles. The van der Waals surface area contributed by atoms with E-state index in [2.05, 4.69) is 15.2 Å². The molecule has 0 spiro atoms. The monoisotopic (exact) mass is 288 g/mol. The zero-order valence-electron chi connectivity index (χ0n) is 9.52. The molecule has 0 aromatic carbocycles. The highest BCUT2D eigenvalue weighted by atomic mass is 35.5. The van der Waals surface area contributed by atoms with E-state index in [4.69, 9.17) is 11.6 Å². The fourth-order valence-electron chi connectivity index (χ4n) is 1.81. The minimum atomic E-state index is -4.45. The lowest BCUT2D eigenvalue weighted by atomic mass is 10.3. The maximum absolute atomic E-state index is 12.4. The van der Waals surface area contributed by atoms with Crippen molar-refractivity contribution in [1.29, 1.82) is 0 Å². The third-order valence-electron chi connectivity index (χ3n) is 2.89. The number of alkyl halides is 3. The summed E-state index contributed by atoms with van der Waals surface area (Å²) in [5.74, 6) is 0.953. The second kappa shape index (κ2) is 4.19. The molecule has 0 amide bonds. The van der Waals surface area contributed by atoms with E-state index in [-0.39, 0.29) is 11.2 Å². The van der Waals surface area contributed by atoms with Gasteiger partial charge in [0.25, 0.3) is 0 Å². The maximum atomic E-state index is 12.4. The predicted molar refractivity (Wildman–Crippen MR) is 61.1 cm³/mol. The van der Waals surface area contributed by atoms with Crippen LogP contribution in [0.2, 0.25) is 5.28 Å². The minimum absolute atomic E-state index is 0.128. The molecule has 8 heteroatoms. The molecule has 0 atom stereocenters. The van der Waals surface area contributed by atoms with Gasteiger partial charge in [0, 0.05) is 5.92 Å². The molecular weight excluding hydrogens is 281 g/mol. The average molecular weight is 289 g/mol. The molecule has 4 nitrogen and oxygen atoms in total. The quantitative estimate of drug-likeness (QED) is 0.852. The van der Waals surface area contributed by atoms with Crippen molar-refractivity contribution in [1.82, 2.24) is 19.7 Å². The van der Waals surface area contributed by atoms with Gasteiger partial charge in [-0.25, -0.2) is 4.98 Å². The Balaban J connectivity index is 2.01. The van der Waals surface area contributed by atoms with Crippen molar-refractivity contribution < 1.29 is 13.2 Å². The Morgan fingerprint density at radius 1 is 1.21 bits per heavy atom. The number of pyridine rings is 1. The lowest BCUT2D eigenvalue weighted by Gasteiger charge is -2.09. The van der Waals surface area contributed by atoms with Gasteiger partial charge in [0.05, 0.1) is 11.9 Å². The van der Waals surface area contributed by atoms with Gasteiger partial charge in [0.2, 0.25) is 5.28 Å². The van der Waals surface area contributed by atoms with E-state index in [1.165, 1.54) is 10.6 Å². The first kappa shape index (κ1) is 12.4. The first-order valence-electron chi connectivity index (χ1n) is 5.61. The molecular formula is C11H8ClF3N4. The molecule has 1 fully saturated rings. The third-order valence-corrected chi connectivity index (χ3v) is 3.13. The van der Waals surface area contributed by atoms with Gasteiger partial charge in [-0.15, -0.1) is 10.2 Å². The summed E-state index contributed by atoms with van der Waals surface area (Å²) >= 11 is 5.92. The molecule has 2 aromatic rings. The number of hydrogen-bond donors (Lipinski definition) is 0. The summed E-state index contributed by atoms with van der Waals surface area (Å²) in [6.07, 6.45) is -1.34. The lowest BCUT2D eigenvalue weighted by molar-refractivity contribution is -0.141. The predicted octanol–water partition coefficient (Wildman–Crippen LogP) is 3.21. The first-order valence-corrected chi connectivity index (χ1v) is 5.99. The Hall–Kier alpha value is -1.63. The number of hydrogen-bond acceptors (Lipinski definition) is 3. The van der Waals surface area contributed by atoms with E-state index >= 15 is 0 Å². The Kier molecular flexibility index (Phi) is 2.74. The van der Waals surface area contributed by atoms with Crippen molar-refractivity contribution in [2.75, 3.05) is 0 Å². The molecule has 0 N–H and O–H groups in total. The fraction of sp³-hybridized carbons (Fsp3) is 0.364. The molecule has 1 aliphatic carbocycles. The van der Waals surface area contributed by atoms with Gasteiger partial charge < -0.3 is 0 Å². The molecule has 100 valence electrons. The molecule has 0 aliphatic heterocycles. The Labute approximate surface area is 111 Å². The topological polar surface area (TPSA) is 43.6 Å². The Bertz CT molecular complexity index is 601. The summed E-state index contributed by atoms with van der Waals surface area (Å²) in [7, 11) is 0. The summed E-state index contributed by atoms with van der Waals surface area (Å²) in [5, 5.41) is 7.84. The summed E-state index contributed by atoms with van der Waals surface area (Å²) in [4.78, 5) is 3.41. The van der Waals surface area contributed by atoms with Crippen molar-refractivity contribution in [2.45, 2.75) is 24.9 Å². The molecule has 19 heavy (non-hydrogen) atoms. The van der Waals surface area contributed by atoms with Gasteiger partial charge in [-0.3, -0.25) is 4.57 Å². The van der Waals surface area contributed by atoms with Gasteiger partial charge in [-0.2, -0.15) is 13.2 Å². The zero-order chi connectivity index (χ0) is 13.6. The van der Waals surface area contributed by atoms with E-state index in [0.29, 0.717) is 11.5 Å². The van der Waals surface area contributed by atoms with E-state index in [0.717, 1.165) is 25.1 Å². The van der Waals surface area contributed by atoms with Crippen LogP contribution in [0.4, 0.5) is 13.2 Å². The number of nitrogens with zero attached hydrogens (tertiary/aromatic N) is 4. The summed E-state index contributed by atoms with van der Waals surface area (Å²) in [6.45, 7) is 0. The van der Waals surface area contributed by atoms with Crippen LogP contribution < -0.4 is 0 Å². The van der Waals surface area contributed by atoms with Crippen molar-refractivity contribution in [2.24, 2.45) is 0 Å². The normalized spacial score (nSPS) is 15.8. The van der Waals surface area contributed by atoms with E-state index in [1.807, 2.05) is 0 Å². The second-order valence-corrected chi connectivity index (χ2v) is 4.67. The highest BCUT2D eigenvalue weighted by Crippen LogP contribution is 2.40. The van der Waals surface area contributed by atoms with Crippen molar-refractivity contribution in [3.8, 4) is 5.69 Å². The Morgan fingerprint density at radius 2 is 1.95 bits per heavy atom. The molecule has 0 saturated heterocycles. The van der Waals surface area contributed by atoms with E-state index < -0.39 is 11.9 Å². The van der Waals surface area contributed by atoms with Crippen molar-refractivity contribution in [3.63, 3.8) is 0 Å². The van der Waals surface area contributed by atoms with Crippen LogP contribution in [0.15, 0.2) is 18.3 Å². The summed E-state index contributed by atoms with van der Waals surface area (Å²) < 4.78 is 38.9. The number of aromatic nitrogens is 4. The molecule has 0 unspecified atom stereocenters. The van der Waals surface area contributed by atoms with Gasteiger partial charge in [0.1, 0.15) is 11.5 Å². The largest absolute Gasteiger partial charge is 0.433 e. The highest BCUT2D eigenvalue weighted by molar-refractivity contribution is 6.28. The standard InChI is InChI=1S/C11H8ClF3N4/c12-10-18-17-9(6-1-2-6)19(10)7-3-4-8(16-5-7)11(13,14)15/h3-6H,1-2H2. The number of halogens is 4. The van der Waals surface area contributed by atoms with Gasteiger partial charge in [-0.1, -0.05) is 0 Å². The maximum Gasteiger partial charge on any atom is 0.433 e. The van der Waals surface area contributed by atoms with Crippen LogP contribution in [0, 0.1) is 0 Å². The van der Waals surface area contributed by atoms with E-state index in [1.54, 1.807) is 0 Å². The molecule has 1 aliphatic rings. The van der Waals surface area contributed by atoms with Crippen LogP contribution in [-0.2, 0) is 6.18 Å². The molecule has 0 bridgehead atoms. The van der Waals surface area contributed by atoms with Crippen molar-refractivity contribution in [3.05, 3.63) is 35.1 Å². The molecule has 3 rings (SSSR count). The van der Waals surface area contributed by atoms with Crippen LogP contribution in [0.3, 0.4) is 0 Å². The van der Waals surface area contributed by atoms with Crippen LogP contribution in [-0.4, -0.2) is 19.7 Å². The minimum Gasteiger partial charge on any atom is -0.268 e. The molecule has 2 aromatic heterocycles. The molecule has 1 saturated carbocycles. The second-order valence-electron chi connectivity index (χ2n) is 4.34. The number of rotatable bonds is 2. The SMILES string of the molecule is FC(F)(F)c1ccc(-n2c(Cl)nnc2C2CC2)cn1. The van der Waals surface area contributed by atoms with Gasteiger partial charge >= 0.3 is 6.18 Å². The van der Waals surface area contributed by atoms with Gasteiger partial charge in [-0.05, 0) is 36.6 Å². The van der Waals surface area contributed by atoms with Crippen LogP contribution in [0.1, 0.15) is 30.3 Å². The first-order chi connectivity index (χ1) is 8.97. The van der Waals surface area contributed by atoms with Crippen LogP contribution in [0.5, 0.6) is 0 Å². The van der Waals surface area contributed by atoms with Crippen molar-refractivity contribution >= 4 is 11.6 Å². The summed E-state index contributed by atoms with van der Waals surface area (Å²) in [5.41, 5.74) is -0.502. The molecule has 0 radical (unpaired) electrons. The third kappa shape index (κ3) is 2.30. The van der Waals surface area contributed by atoms with Crippen LogP contribution in [0.25, 0.3) is 5.69 Å². The lowest BCUT2D eigenvalue weighted by Crippen LogP contribution is -2.09. The highest BCUT2D eigenvalue weighted by Gasteiger charge is 2.33. The fourth-order valence-corrected chi connectivity index (χ4v) is 2.03. The van der Waals surface area contributed by atoms with Gasteiger partial charge in [0.15, 0.2) is 0 Å². The Morgan fingerprint density at radius 3 is 2.47 bits per heavy atom. The summed E-state index contributed by atoms with van der Waals surface area (Å²) in [6, 6.07) is 2.24.